The maximum Gasteiger partial charge on any atom is 0.422 e. The fourth-order valence-corrected chi connectivity index (χ4v) is 4.47. The number of rotatable bonds is 9. The van der Waals surface area contributed by atoms with Gasteiger partial charge in [-0.3, -0.25) is 14.5 Å². The highest BCUT2D eigenvalue weighted by Crippen LogP contribution is 2.36. The summed E-state index contributed by atoms with van der Waals surface area (Å²) in [6, 6.07) is 8.15. The molecule has 1 unspecified atom stereocenters. The highest BCUT2D eigenvalue weighted by atomic mass is 19.4. The second kappa shape index (κ2) is 11.5. The molecule has 0 bridgehead atoms. The van der Waals surface area contributed by atoms with Crippen LogP contribution in [-0.4, -0.2) is 77.7 Å². The van der Waals surface area contributed by atoms with Crippen molar-refractivity contribution in [2.24, 2.45) is 0 Å². The van der Waals surface area contributed by atoms with Crippen LogP contribution in [0.5, 0.6) is 28.9 Å². The van der Waals surface area contributed by atoms with Gasteiger partial charge in [0.15, 0.2) is 29.5 Å². The lowest BCUT2D eigenvalue weighted by Gasteiger charge is -2.12. The minimum atomic E-state index is -4.57. The Balaban J connectivity index is 1.32. The number of alkyl halides is 3. The first-order valence-corrected chi connectivity index (χ1v) is 12.6. The molecule has 1 saturated heterocycles. The predicted molar refractivity (Wildman–Crippen MR) is 142 cm³/mol. The van der Waals surface area contributed by atoms with Gasteiger partial charge in [0, 0.05) is 30.3 Å². The Morgan fingerprint density at radius 2 is 1.85 bits per heavy atom. The minimum Gasteiger partial charge on any atom is -0.493 e. The molecule has 3 aromatic heterocycles. The predicted octanol–water partition coefficient (Wildman–Crippen LogP) is 4.71. The molecule has 1 amide bonds. The molecular formula is C27H27F3N6O5. The summed E-state index contributed by atoms with van der Waals surface area (Å²) in [6.07, 6.45) is 0.457. The summed E-state index contributed by atoms with van der Waals surface area (Å²) < 4.78 is 61.6. The molecule has 0 aliphatic carbocycles. The van der Waals surface area contributed by atoms with Crippen LogP contribution in [-0.2, 0) is 0 Å². The second-order valence-corrected chi connectivity index (χ2v) is 9.41. The van der Waals surface area contributed by atoms with Gasteiger partial charge in [0.25, 0.3) is 5.91 Å². The summed E-state index contributed by atoms with van der Waals surface area (Å²) in [5, 5.41) is 7.55. The molecule has 1 fully saturated rings. The molecular weight excluding hydrogens is 545 g/mol. The van der Waals surface area contributed by atoms with Crippen LogP contribution in [0.25, 0.3) is 10.9 Å². The summed E-state index contributed by atoms with van der Waals surface area (Å²) >= 11 is 0. The van der Waals surface area contributed by atoms with Crippen LogP contribution in [0.4, 0.5) is 18.9 Å². The SMILES string of the molecule is COc1cc2nccc(Oc3ccc(NC(=O)c4nn(C5CCN(C)C5)cc4OCC(F)(F)F)cn3)c2cc1OC. The molecule has 5 rings (SSSR count). The quantitative estimate of drug-likeness (QED) is 0.305. The summed E-state index contributed by atoms with van der Waals surface area (Å²) in [4.78, 5) is 23.7. The van der Waals surface area contributed by atoms with E-state index in [1.165, 1.54) is 37.4 Å². The Hall–Kier alpha value is -4.59. The maximum atomic E-state index is 13.0. The average molecular weight is 573 g/mol. The molecule has 4 aromatic rings. The van der Waals surface area contributed by atoms with Crippen LogP contribution in [0, 0.1) is 0 Å². The Morgan fingerprint density at radius 1 is 1.07 bits per heavy atom. The Morgan fingerprint density at radius 3 is 2.51 bits per heavy atom. The smallest absolute Gasteiger partial charge is 0.422 e. The summed E-state index contributed by atoms with van der Waals surface area (Å²) in [6.45, 7) is -0.0820. The van der Waals surface area contributed by atoms with Crippen molar-refractivity contribution < 1.29 is 36.9 Å². The standard InChI is InChI=1S/C27H27F3N6O5/c1-35-9-7-17(13-35)36-14-23(40-15-27(28,29)30)25(34-36)26(37)33-16-4-5-24(32-12-16)41-20-6-8-31-19-11-22(39-3)21(38-2)10-18(19)20/h4-6,8,10-12,14,17H,7,9,13,15H2,1-3H3,(H,33,37). The molecule has 0 saturated carbocycles. The zero-order valence-electron chi connectivity index (χ0n) is 22.4. The first-order valence-electron chi connectivity index (χ1n) is 12.6. The molecule has 1 aliphatic rings. The zero-order chi connectivity index (χ0) is 29.1. The van der Waals surface area contributed by atoms with E-state index in [0.29, 0.717) is 34.7 Å². The molecule has 11 nitrogen and oxygen atoms in total. The molecule has 1 atom stereocenters. The lowest BCUT2D eigenvalue weighted by Crippen LogP contribution is -2.21. The minimum absolute atomic E-state index is 0.0850. The number of amides is 1. The molecule has 216 valence electrons. The Kier molecular flexibility index (Phi) is 7.83. The van der Waals surface area contributed by atoms with Gasteiger partial charge in [0.1, 0.15) is 5.75 Å². The van der Waals surface area contributed by atoms with Gasteiger partial charge in [-0.05, 0) is 38.2 Å². The number of anilines is 1. The monoisotopic (exact) mass is 572 g/mol. The van der Waals surface area contributed by atoms with Crippen molar-refractivity contribution in [2.45, 2.75) is 18.6 Å². The van der Waals surface area contributed by atoms with Crippen LogP contribution in [0.1, 0.15) is 23.0 Å². The molecule has 0 radical (unpaired) electrons. The van der Waals surface area contributed by atoms with Crippen LogP contribution < -0.4 is 24.3 Å². The van der Waals surface area contributed by atoms with Gasteiger partial charge >= 0.3 is 6.18 Å². The first-order chi connectivity index (χ1) is 19.6. The molecule has 1 aromatic carbocycles. The molecule has 1 aliphatic heterocycles. The fraction of sp³-hybridized carbons (Fsp3) is 0.333. The van der Waals surface area contributed by atoms with E-state index < -0.39 is 18.7 Å². The summed E-state index contributed by atoms with van der Waals surface area (Å²) in [5.41, 5.74) is 0.651. The number of aromatic nitrogens is 4. The normalized spacial score (nSPS) is 15.6. The number of likely N-dealkylation sites (N-methyl/N-ethyl adjacent to an activating group) is 1. The fourth-order valence-electron chi connectivity index (χ4n) is 4.47. The molecule has 0 spiro atoms. The van der Waals surface area contributed by atoms with Crippen LogP contribution >= 0.6 is 0 Å². The lowest BCUT2D eigenvalue weighted by molar-refractivity contribution is -0.153. The highest BCUT2D eigenvalue weighted by molar-refractivity contribution is 6.04. The number of fused-ring (bicyclic) bond motifs is 1. The Bertz CT molecular complexity index is 1540. The van der Waals surface area contributed by atoms with E-state index in [-0.39, 0.29) is 29.1 Å². The van der Waals surface area contributed by atoms with Crippen molar-refractivity contribution in [3.63, 3.8) is 0 Å². The highest BCUT2D eigenvalue weighted by Gasteiger charge is 2.31. The molecule has 1 N–H and O–H groups in total. The van der Waals surface area contributed by atoms with Crippen LogP contribution in [0.2, 0.25) is 0 Å². The topological polar surface area (TPSA) is 113 Å². The number of carbonyl (C=O) groups excluding carboxylic acids is 1. The number of nitrogens with zero attached hydrogens (tertiary/aromatic N) is 5. The number of likely N-dealkylation sites (tertiary alicyclic amines) is 1. The van der Waals surface area contributed by atoms with E-state index in [9.17, 15) is 18.0 Å². The molecule has 4 heterocycles. The van der Waals surface area contributed by atoms with E-state index in [1.807, 2.05) is 7.05 Å². The molecule has 14 heteroatoms. The van der Waals surface area contributed by atoms with Crippen molar-refractivity contribution >= 4 is 22.5 Å². The number of nitrogens with one attached hydrogen (secondary N) is 1. The van der Waals surface area contributed by atoms with Gasteiger partial charge in [-0.1, -0.05) is 0 Å². The number of ether oxygens (including phenoxy) is 4. The van der Waals surface area contributed by atoms with Crippen molar-refractivity contribution in [1.29, 1.82) is 0 Å². The van der Waals surface area contributed by atoms with Crippen molar-refractivity contribution in [3.05, 3.63) is 54.6 Å². The third-order valence-corrected chi connectivity index (χ3v) is 6.46. The number of methoxy groups -OCH3 is 2. The van der Waals surface area contributed by atoms with Gasteiger partial charge in [0.2, 0.25) is 5.88 Å². The number of carbonyl (C=O) groups is 1. The molecule has 41 heavy (non-hydrogen) atoms. The first kappa shape index (κ1) is 28.0. The second-order valence-electron chi connectivity index (χ2n) is 9.41. The summed E-state index contributed by atoms with van der Waals surface area (Å²) in [5.74, 6) is 0.742. The van der Waals surface area contributed by atoms with Crippen LogP contribution in [0.15, 0.2) is 48.9 Å². The van der Waals surface area contributed by atoms with E-state index in [4.69, 9.17) is 18.9 Å². The van der Waals surface area contributed by atoms with Crippen molar-refractivity contribution in [1.82, 2.24) is 24.6 Å². The van der Waals surface area contributed by atoms with Gasteiger partial charge < -0.3 is 29.2 Å². The summed E-state index contributed by atoms with van der Waals surface area (Å²) in [7, 11) is 4.99. The van der Waals surface area contributed by atoms with Crippen molar-refractivity contribution in [3.8, 4) is 28.9 Å². The van der Waals surface area contributed by atoms with E-state index in [0.717, 1.165) is 13.0 Å². The lowest BCUT2D eigenvalue weighted by atomic mass is 10.2. The largest absolute Gasteiger partial charge is 0.493 e. The van der Waals surface area contributed by atoms with Gasteiger partial charge in [-0.25, -0.2) is 4.98 Å². The van der Waals surface area contributed by atoms with Crippen molar-refractivity contribution in [2.75, 3.05) is 46.3 Å². The van der Waals surface area contributed by atoms with Gasteiger partial charge in [-0.2, -0.15) is 18.3 Å². The van der Waals surface area contributed by atoms with E-state index in [2.05, 4.69) is 25.3 Å². The third kappa shape index (κ3) is 6.43. The number of hydrogen-bond acceptors (Lipinski definition) is 9. The number of halogens is 3. The third-order valence-electron chi connectivity index (χ3n) is 6.46. The average Bonchev–Trinajstić information content (AvgIpc) is 3.58. The van der Waals surface area contributed by atoms with E-state index >= 15 is 0 Å². The maximum absolute atomic E-state index is 13.0. The number of benzene rings is 1. The van der Waals surface area contributed by atoms with E-state index in [1.54, 1.807) is 30.5 Å². The Labute approximate surface area is 232 Å². The van der Waals surface area contributed by atoms with Gasteiger partial charge in [0.05, 0.1) is 43.9 Å². The van der Waals surface area contributed by atoms with Crippen LogP contribution in [0.3, 0.4) is 0 Å². The zero-order valence-corrected chi connectivity index (χ0v) is 22.4. The number of pyridine rings is 2. The number of hydrogen-bond donors (Lipinski definition) is 1. The van der Waals surface area contributed by atoms with Gasteiger partial charge in [-0.15, -0.1) is 0 Å².